The third-order valence-electron chi connectivity index (χ3n) is 2.32. The van der Waals surface area contributed by atoms with Gasteiger partial charge in [0.2, 0.25) is 5.91 Å². The van der Waals surface area contributed by atoms with Gasteiger partial charge < -0.3 is 11.1 Å². The van der Waals surface area contributed by atoms with E-state index in [1.165, 1.54) is 18.3 Å². The molecule has 0 aliphatic carbocycles. The topological polar surface area (TPSA) is 102 Å². The van der Waals surface area contributed by atoms with Crippen molar-refractivity contribution in [3.8, 4) is 0 Å². The molecule has 1 unspecified atom stereocenters. The van der Waals surface area contributed by atoms with Crippen molar-refractivity contribution < 1.29 is 13.2 Å². The van der Waals surface area contributed by atoms with Gasteiger partial charge in [0.25, 0.3) is 0 Å². The lowest BCUT2D eigenvalue weighted by Gasteiger charge is -2.10. The van der Waals surface area contributed by atoms with E-state index in [0.29, 0.717) is 12.1 Å². The summed E-state index contributed by atoms with van der Waals surface area (Å²) in [5.74, 6) is -0.300. The van der Waals surface area contributed by atoms with E-state index in [-0.39, 0.29) is 10.9 Å². The summed E-state index contributed by atoms with van der Waals surface area (Å²) in [5.41, 5.74) is 6.08. The van der Waals surface area contributed by atoms with Gasteiger partial charge in [0.1, 0.15) is 0 Å². The second-order valence-electron chi connectivity index (χ2n) is 4.04. The van der Waals surface area contributed by atoms with Crippen molar-refractivity contribution in [1.82, 2.24) is 4.98 Å². The van der Waals surface area contributed by atoms with Crippen molar-refractivity contribution in [3.63, 3.8) is 0 Å². The number of nitrogens with zero attached hydrogens (tertiary/aromatic N) is 1. The number of anilines is 1. The monoisotopic (exact) mass is 271 g/mol. The smallest absolute Gasteiger partial charge is 0.241 e. The molecular formula is C11H17N3O3S. The lowest BCUT2D eigenvalue weighted by atomic mass is 10.1. The van der Waals surface area contributed by atoms with Gasteiger partial charge in [-0.3, -0.25) is 4.79 Å². The first-order valence-electron chi connectivity index (χ1n) is 5.57. The van der Waals surface area contributed by atoms with E-state index in [0.717, 1.165) is 12.7 Å². The van der Waals surface area contributed by atoms with Crippen LogP contribution in [0.5, 0.6) is 0 Å². The number of aromatic nitrogens is 1. The van der Waals surface area contributed by atoms with E-state index in [1.54, 1.807) is 0 Å². The molecule has 1 heterocycles. The maximum Gasteiger partial charge on any atom is 0.241 e. The van der Waals surface area contributed by atoms with Crippen LogP contribution in [0, 0.1) is 0 Å². The Morgan fingerprint density at radius 1 is 1.50 bits per heavy atom. The van der Waals surface area contributed by atoms with Crippen molar-refractivity contribution in [2.24, 2.45) is 5.73 Å². The molecule has 1 aromatic heterocycles. The summed E-state index contributed by atoms with van der Waals surface area (Å²) in [7, 11) is -3.32. The molecule has 6 nitrogen and oxygen atoms in total. The highest BCUT2D eigenvalue weighted by atomic mass is 32.2. The maximum atomic E-state index is 11.6. The largest absolute Gasteiger partial charge is 0.323 e. The molecule has 3 N–H and O–H groups in total. The molecule has 1 amide bonds. The number of sulfone groups is 1. The van der Waals surface area contributed by atoms with Gasteiger partial charge in [-0.05, 0) is 18.6 Å². The van der Waals surface area contributed by atoms with Gasteiger partial charge >= 0.3 is 0 Å². The van der Waals surface area contributed by atoms with Crippen LogP contribution in [0.1, 0.15) is 19.8 Å². The van der Waals surface area contributed by atoms with Gasteiger partial charge in [0.05, 0.1) is 17.9 Å². The summed E-state index contributed by atoms with van der Waals surface area (Å²) in [6.45, 7) is 1.94. The van der Waals surface area contributed by atoms with Crippen LogP contribution in [-0.2, 0) is 14.6 Å². The van der Waals surface area contributed by atoms with Crippen molar-refractivity contribution >= 4 is 21.4 Å². The standard InChI is InChI=1S/C11H17N3O3S/c1-3-4-9(12)11(15)14-8-5-6-10(13-7-8)18(2,16)17/h5-7,9H,3-4,12H2,1-2H3,(H,14,15). The van der Waals surface area contributed by atoms with Gasteiger partial charge in [-0.15, -0.1) is 0 Å². The molecule has 100 valence electrons. The van der Waals surface area contributed by atoms with Gasteiger partial charge in [0, 0.05) is 6.26 Å². The molecule has 1 rings (SSSR count). The first kappa shape index (κ1) is 14.6. The zero-order valence-electron chi connectivity index (χ0n) is 10.4. The highest BCUT2D eigenvalue weighted by Gasteiger charge is 2.13. The van der Waals surface area contributed by atoms with E-state index in [2.05, 4.69) is 10.3 Å². The normalized spacial score (nSPS) is 13.1. The second-order valence-corrected chi connectivity index (χ2v) is 6.00. The van der Waals surface area contributed by atoms with Gasteiger partial charge in [-0.1, -0.05) is 13.3 Å². The SMILES string of the molecule is CCCC(N)C(=O)Nc1ccc(S(C)(=O)=O)nc1. The Balaban J connectivity index is 2.73. The minimum Gasteiger partial charge on any atom is -0.323 e. The zero-order chi connectivity index (χ0) is 13.8. The number of hydrogen-bond acceptors (Lipinski definition) is 5. The van der Waals surface area contributed by atoms with Crippen molar-refractivity contribution in [3.05, 3.63) is 18.3 Å². The van der Waals surface area contributed by atoms with E-state index in [9.17, 15) is 13.2 Å². The number of nitrogens with one attached hydrogen (secondary N) is 1. The van der Waals surface area contributed by atoms with Crippen molar-refractivity contribution in [2.45, 2.75) is 30.8 Å². The van der Waals surface area contributed by atoms with E-state index < -0.39 is 15.9 Å². The Morgan fingerprint density at radius 3 is 2.61 bits per heavy atom. The lowest BCUT2D eigenvalue weighted by molar-refractivity contribution is -0.117. The minimum absolute atomic E-state index is 0.0293. The van der Waals surface area contributed by atoms with Gasteiger partial charge in [-0.25, -0.2) is 13.4 Å². The average molecular weight is 271 g/mol. The van der Waals surface area contributed by atoms with Crippen molar-refractivity contribution in [2.75, 3.05) is 11.6 Å². The fourth-order valence-electron chi connectivity index (χ4n) is 1.35. The van der Waals surface area contributed by atoms with Crippen LogP contribution in [-0.4, -0.2) is 31.6 Å². The molecule has 0 bridgehead atoms. The first-order valence-corrected chi connectivity index (χ1v) is 7.46. The molecule has 1 atom stereocenters. The van der Waals surface area contributed by atoms with Crippen LogP contribution in [0.3, 0.4) is 0 Å². The van der Waals surface area contributed by atoms with Gasteiger partial charge in [-0.2, -0.15) is 0 Å². The molecule has 7 heteroatoms. The Morgan fingerprint density at radius 2 is 2.17 bits per heavy atom. The number of carbonyl (C=O) groups excluding carboxylic acids is 1. The van der Waals surface area contributed by atoms with Crippen LogP contribution in [0.25, 0.3) is 0 Å². The first-order chi connectivity index (χ1) is 8.34. The minimum atomic E-state index is -3.32. The molecule has 0 aromatic carbocycles. The number of carbonyl (C=O) groups is 1. The summed E-state index contributed by atoms with van der Waals surface area (Å²) in [6, 6.07) is 2.26. The van der Waals surface area contributed by atoms with Crippen LogP contribution >= 0.6 is 0 Å². The molecule has 0 fully saturated rings. The fraction of sp³-hybridized carbons (Fsp3) is 0.455. The molecule has 0 saturated heterocycles. The highest BCUT2D eigenvalue weighted by Crippen LogP contribution is 2.10. The zero-order valence-corrected chi connectivity index (χ0v) is 11.2. The Labute approximate surface area is 107 Å². The Hall–Kier alpha value is -1.47. The second kappa shape index (κ2) is 5.92. The Kier molecular flexibility index (Phi) is 4.80. The Bertz CT molecular complexity index is 511. The predicted molar refractivity (Wildman–Crippen MR) is 68.9 cm³/mol. The van der Waals surface area contributed by atoms with Crippen molar-refractivity contribution in [1.29, 1.82) is 0 Å². The van der Waals surface area contributed by atoms with E-state index >= 15 is 0 Å². The number of pyridine rings is 1. The predicted octanol–water partition coefficient (Wildman–Crippen LogP) is 0.551. The van der Waals surface area contributed by atoms with E-state index in [1.807, 2.05) is 6.92 Å². The van der Waals surface area contributed by atoms with Crippen LogP contribution in [0.4, 0.5) is 5.69 Å². The maximum absolute atomic E-state index is 11.6. The lowest BCUT2D eigenvalue weighted by Crippen LogP contribution is -2.35. The average Bonchev–Trinajstić information content (AvgIpc) is 2.28. The number of hydrogen-bond donors (Lipinski definition) is 2. The summed E-state index contributed by atoms with van der Waals surface area (Å²) in [4.78, 5) is 15.4. The molecule has 0 saturated carbocycles. The molecule has 18 heavy (non-hydrogen) atoms. The summed E-state index contributed by atoms with van der Waals surface area (Å²) < 4.78 is 22.4. The number of amides is 1. The van der Waals surface area contributed by atoms with Crippen LogP contribution in [0.15, 0.2) is 23.4 Å². The third-order valence-corrected chi connectivity index (χ3v) is 3.32. The summed E-state index contributed by atoms with van der Waals surface area (Å²) in [5, 5.41) is 2.55. The van der Waals surface area contributed by atoms with E-state index in [4.69, 9.17) is 5.73 Å². The number of nitrogens with two attached hydrogens (primary N) is 1. The molecule has 0 aliphatic heterocycles. The molecule has 0 spiro atoms. The fourth-order valence-corrected chi connectivity index (χ4v) is 1.91. The quantitative estimate of drug-likeness (QED) is 0.814. The molecule has 0 aliphatic rings. The van der Waals surface area contributed by atoms with Crippen LogP contribution in [0.2, 0.25) is 0 Å². The highest BCUT2D eigenvalue weighted by molar-refractivity contribution is 7.90. The number of rotatable bonds is 5. The molecule has 1 aromatic rings. The molecule has 0 radical (unpaired) electrons. The molecular weight excluding hydrogens is 254 g/mol. The third kappa shape index (κ3) is 4.08. The summed E-state index contributed by atoms with van der Waals surface area (Å²) >= 11 is 0. The van der Waals surface area contributed by atoms with Gasteiger partial charge in [0.15, 0.2) is 14.9 Å². The van der Waals surface area contributed by atoms with Crippen LogP contribution < -0.4 is 11.1 Å². The summed E-state index contributed by atoms with van der Waals surface area (Å²) in [6.07, 6.45) is 3.79.